The monoisotopic (exact) mass is 297 g/mol. The van der Waals surface area contributed by atoms with Crippen LogP contribution in [0.25, 0.3) is 0 Å². The zero-order valence-electron chi connectivity index (χ0n) is 13.4. The summed E-state index contributed by atoms with van der Waals surface area (Å²) < 4.78 is 5.13. The highest BCUT2D eigenvalue weighted by Gasteiger charge is 2.06. The molecule has 0 unspecified atom stereocenters. The highest BCUT2D eigenvalue weighted by Crippen LogP contribution is 2.15. The third-order valence-electron chi connectivity index (χ3n) is 3.70. The van der Waals surface area contributed by atoms with Gasteiger partial charge >= 0.3 is 0 Å². The molecule has 1 N–H and O–H groups in total. The van der Waals surface area contributed by atoms with Gasteiger partial charge in [-0.05, 0) is 47.7 Å². The summed E-state index contributed by atoms with van der Waals surface area (Å²) in [5.41, 5.74) is 3.13. The van der Waals surface area contributed by atoms with Gasteiger partial charge in [0.2, 0.25) is 0 Å². The van der Waals surface area contributed by atoms with Crippen molar-refractivity contribution in [3.63, 3.8) is 0 Å². The molecule has 0 saturated heterocycles. The second-order valence-corrected chi connectivity index (χ2v) is 5.63. The zero-order valence-corrected chi connectivity index (χ0v) is 13.4. The first-order valence-corrected chi connectivity index (χ1v) is 7.61. The standard InChI is InChI=1S/C19H23NO2/c1-14(2)16-6-8-17(9-7-16)19(21)20-13-12-15-4-10-18(22-3)11-5-15/h4-11,14H,12-13H2,1-3H3,(H,20,21). The van der Waals surface area contributed by atoms with Crippen LogP contribution in [-0.2, 0) is 6.42 Å². The predicted octanol–water partition coefficient (Wildman–Crippen LogP) is 3.79. The molecule has 0 aliphatic rings. The Bertz CT molecular complexity index is 600. The van der Waals surface area contributed by atoms with Crippen LogP contribution in [0.3, 0.4) is 0 Å². The van der Waals surface area contributed by atoms with E-state index in [2.05, 4.69) is 19.2 Å². The molecule has 0 fully saturated rings. The second kappa shape index (κ2) is 7.64. The SMILES string of the molecule is COc1ccc(CCNC(=O)c2ccc(C(C)C)cc2)cc1. The number of hydrogen-bond donors (Lipinski definition) is 1. The topological polar surface area (TPSA) is 38.3 Å². The van der Waals surface area contributed by atoms with E-state index in [0.717, 1.165) is 12.2 Å². The first-order chi connectivity index (χ1) is 10.6. The lowest BCUT2D eigenvalue weighted by Crippen LogP contribution is -2.25. The maximum atomic E-state index is 12.1. The minimum Gasteiger partial charge on any atom is -0.497 e. The van der Waals surface area contributed by atoms with E-state index in [9.17, 15) is 4.79 Å². The molecule has 0 aromatic heterocycles. The van der Waals surface area contributed by atoms with Crippen molar-refractivity contribution in [1.82, 2.24) is 5.32 Å². The molecule has 1 amide bonds. The lowest BCUT2D eigenvalue weighted by atomic mass is 10.0. The summed E-state index contributed by atoms with van der Waals surface area (Å²) in [5, 5.41) is 2.95. The van der Waals surface area contributed by atoms with E-state index in [1.807, 2.05) is 48.5 Å². The molecular weight excluding hydrogens is 274 g/mol. The van der Waals surface area contributed by atoms with Crippen LogP contribution in [-0.4, -0.2) is 19.6 Å². The van der Waals surface area contributed by atoms with Crippen molar-refractivity contribution in [1.29, 1.82) is 0 Å². The van der Waals surface area contributed by atoms with Gasteiger partial charge in [0.1, 0.15) is 5.75 Å². The van der Waals surface area contributed by atoms with Crippen molar-refractivity contribution in [3.05, 3.63) is 65.2 Å². The molecule has 0 radical (unpaired) electrons. The molecule has 3 nitrogen and oxygen atoms in total. The van der Waals surface area contributed by atoms with Gasteiger partial charge in [0.25, 0.3) is 5.91 Å². The predicted molar refractivity (Wildman–Crippen MR) is 89.6 cm³/mol. The zero-order chi connectivity index (χ0) is 15.9. The Kier molecular flexibility index (Phi) is 5.59. The number of amides is 1. The van der Waals surface area contributed by atoms with E-state index in [1.54, 1.807) is 7.11 Å². The number of benzene rings is 2. The van der Waals surface area contributed by atoms with Crippen LogP contribution in [0.2, 0.25) is 0 Å². The van der Waals surface area contributed by atoms with Crippen molar-refractivity contribution in [2.24, 2.45) is 0 Å². The number of methoxy groups -OCH3 is 1. The van der Waals surface area contributed by atoms with Crippen molar-refractivity contribution < 1.29 is 9.53 Å². The minimum atomic E-state index is -0.0242. The molecule has 0 spiro atoms. The summed E-state index contributed by atoms with van der Waals surface area (Å²) in [6, 6.07) is 15.7. The molecule has 2 rings (SSSR count). The van der Waals surface area contributed by atoms with E-state index in [0.29, 0.717) is 18.0 Å². The fourth-order valence-electron chi connectivity index (χ4n) is 2.23. The summed E-state index contributed by atoms with van der Waals surface area (Å²) in [7, 11) is 1.65. The van der Waals surface area contributed by atoms with E-state index >= 15 is 0 Å². The second-order valence-electron chi connectivity index (χ2n) is 5.63. The van der Waals surface area contributed by atoms with Gasteiger partial charge in [-0.2, -0.15) is 0 Å². The highest BCUT2D eigenvalue weighted by molar-refractivity contribution is 5.94. The number of hydrogen-bond acceptors (Lipinski definition) is 2. The molecule has 2 aromatic rings. The number of ether oxygens (including phenoxy) is 1. The first kappa shape index (κ1) is 16.1. The van der Waals surface area contributed by atoms with Gasteiger partial charge in [-0.3, -0.25) is 4.79 Å². The minimum absolute atomic E-state index is 0.0242. The number of nitrogens with one attached hydrogen (secondary N) is 1. The maximum Gasteiger partial charge on any atom is 0.251 e. The third-order valence-corrected chi connectivity index (χ3v) is 3.70. The summed E-state index contributed by atoms with van der Waals surface area (Å²) in [5.74, 6) is 1.30. The van der Waals surface area contributed by atoms with E-state index < -0.39 is 0 Å². The van der Waals surface area contributed by atoms with Crippen LogP contribution < -0.4 is 10.1 Å². The molecule has 0 atom stereocenters. The van der Waals surface area contributed by atoms with Crippen LogP contribution in [0.5, 0.6) is 5.75 Å². The van der Waals surface area contributed by atoms with E-state index in [4.69, 9.17) is 4.74 Å². The Balaban J connectivity index is 1.84. The van der Waals surface area contributed by atoms with Crippen molar-refractivity contribution >= 4 is 5.91 Å². The van der Waals surface area contributed by atoms with Gasteiger partial charge in [0.05, 0.1) is 7.11 Å². The fraction of sp³-hybridized carbons (Fsp3) is 0.316. The Morgan fingerprint density at radius 3 is 2.23 bits per heavy atom. The number of rotatable bonds is 6. The lowest BCUT2D eigenvalue weighted by molar-refractivity contribution is 0.0954. The van der Waals surface area contributed by atoms with Crippen LogP contribution in [0, 0.1) is 0 Å². The smallest absolute Gasteiger partial charge is 0.251 e. The summed E-state index contributed by atoms with van der Waals surface area (Å²) in [6.45, 7) is 4.91. The molecule has 116 valence electrons. The number of carbonyl (C=O) groups excluding carboxylic acids is 1. The average molecular weight is 297 g/mol. The maximum absolute atomic E-state index is 12.1. The van der Waals surface area contributed by atoms with Gasteiger partial charge < -0.3 is 10.1 Å². The number of carbonyl (C=O) groups is 1. The van der Waals surface area contributed by atoms with Gasteiger partial charge in [-0.15, -0.1) is 0 Å². The highest BCUT2D eigenvalue weighted by atomic mass is 16.5. The van der Waals surface area contributed by atoms with Crippen LogP contribution in [0.1, 0.15) is 41.3 Å². The van der Waals surface area contributed by atoms with E-state index in [-0.39, 0.29) is 5.91 Å². The van der Waals surface area contributed by atoms with Gasteiger partial charge in [-0.1, -0.05) is 38.1 Å². The Hall–Kier alpha value is -2.29. The summed E-state index contributed by atoms with van der Waals surface area (Å²) in [4.78, 5) is 12.1. The molecule has 0 aliphatic carbocycles. The Labute approximate surface area is 132 Å². The van der Waals surface area contributed by atoms with E-state index in [1.165, 1.54) is 11.1 Å². The van der Waals surface area contributed by atoms with Gasteiger partial charge in [0, 0.05) is 12.1 Å². The van der Waals surface area contributed by atoms with Gasteiger partial charge in [0.15, 0.2) is 0 Å². The Morgan fingerprint density at radius 2 is 1.68 bits per heavy atom. The molecule has 0 bridgehead atoms. The molecule has 0 saturated carbocycles. The van der Waals surface area contributed by atoms with Crippen molar-refractivity contribution in [2.45, 2.75) is 26.2 Å². The fourth-order valence-corrected chi connectivity index (χ4v) is 2.23. The molecule has 2 aromatic carbocycles. The summed E-state index contributed by atoms with van der Waals surface area (Å²) >= 11 is 0. The van der Waals surface area contributed by atoms with Crippen molar-refractivity contribution in [2.75, 3.05) is 13.7 Å². The normalized spacial score (nSPS) is 10.5. The molecule has 0 heterocycles. The lowest BCUT2D eigenvalue weighted by Gasteiger charge is -2.08. The molecule has 0 aliphatic heterocycles. The van der Waals surface area contributed by atoms with Crippen LogP contribution in [0.15, 0.2) is 48.5 Å². The quantitative estimate of drug-likeness (QED) is 0.881. The van der Waals surface area contributed by atoms with Gasteiger partial charge in [-0.25, -0.2) is 0 Å². The largest absolute Gasteiger partial charge is 0.497 e. The molecule has 3 heteroatoms. The Morgan fingerprint density at radius 1 is 1.05 bits per heavy atom. The molecular formula is C19H23NO2. The third kappa shape index (κ3) is 4.35. The van der Waals surface area contributed by atoms with Crippen molar-refractivity contribution in [3.8, 4) is 5.75 Å². The van der Waals surface area contributed by atoms with Crippen LogP contribution >= 0.6 is 0 Å². The van der Waals surface area contributed by atoms with Crippen LogP contribution in [0.4, 0.5) is 0 Å². The summed E-state index contributed by atoms with van der Waals surface area (Å²) in [6.07, 6.45) is 0.805. The average Bonchev–Trinajstić information content (AvgIpc) is 2.55. The molecule has 22 heavy (non-hydrogen) atoms. The first-order valence-electron chi connectivity index (χ1n) is 7.61.